The third-order valence-corrected chi connectivity index (χ3v) is 3.76. The Morgan fingerprint density at radius 2 is 2.16 bits per heavy atom. The lowest BCUT2D eigenvalue weighted by atomic mass is 10.3. The van der Waals surface area contributed by atoms with Gasteiger partial charge in [0.2, 0.25) is 0 Å². The third kappa shape index (κ3) is 3.43. The van der Waals surface area contributed by atoms with Gasteiger partial charge in [-0.05, 0) is 12.2 Å². The van der Waals surface area contributed by atoms with Gasteiger partial charge in [0, 0.05) is 13.2 Å². The number of likely N-dealkylation sites (N-methyl/N-ethyl adjacent to an activating group) is 1. The second-order valence-corrected chi connectivity index (χ2v) is 5.50. The summed E-state index contributed by atoms with van der Waals surface area (Å²) in [7, 11) is 3.86. The molecule has 0 atom stereocenters. The number of hydrogen-bond donors (Lipinski definition) is 2. The van der Waals surface area contributed by atoms with Crippen LogP contribution in [0.15, 0.2) is 6.20 Å². The van der Waals surface area contributed by atoms with Crippen molar-refractivity contribution in [1.82, 2.24) is 20.0 Å². The van der Waals surface area contributed by atoms with Gasteiger partial charge < -0.3 is 9.80 Å². The quantitative estimate of drug-likeness (QED) is 0.648. The van der Waals surface area contributed by atoms with Crippen LogP contribution in [0.1, 0.15) is 10.5 Å². The molecular formula is C11H17ClN5OS+. The molecule has 6 nitrogen and oxygen atoms in total. The zero-order valence-electron chi connectivity index (χ0n) is 10.9. The second-order valence-electron chi connectivity index (χ2n) is 4.70. The first kappa shape index (κ1) is 14.2. The zero-order chi connectivity index (χ0) is 14.0. The van der Waals surface area contributed by atoms with E-state index in [1.807, 2.05) is 4.90 Å². The molecule has 2 heterocycles. The van der Waals surface area contributed by atoms with Gasteiger partial charge in [-0.3, -0.25) is 14.8 Å². The summed E-state index contributed by atoms with van der Waals surface area (Å²) in [6, 6.07) is 0. The number of nitrogens with one attached hydrogen (secondary N) is 2. The molecular weight excluding hydrogens is 286 g/mol. The number of aromatic nitrogens is 2. The van der Waals surface area contributed by atoms with Gasteiger partial charge in [-0.15, -0.1) is 0 Å². The van der Waals surface area contributed by atoms with Crippen molar-refractivity contribution >= 4 is 34.8 Å². The first-order valence-corrected chi connectivity index (χ1v) is 6.86. The van der Waals surface area contributed by atoms with Crippen molar-refractivity contribution in [3.05, 3.63) is 16.9 Å². The molecule has 0 saturated carbocycles. The van der Waals surface area contributed by atoms with Gasteiger partial charge in [0.05, 0.1) is 38.2 Å². The van der Waals surface area contributed by atoms with Crippen LogP contribution < -0.4 is 10.2 Å². The molecule has 1 aliphatic heterocycles. The summed E-state index contributed by atoms with van der Waals surface area (Å²) in [5, 5.41) is 7.46. The van der Waals surface area contributed by atoms with Crippen LogP contribution in [0.2, 0.25) is 5.02 Å². The smallest absolute Gasteiger partial charge is 0.279 e. The van der Waals surface area contributed by atoms with Crippen LogP contribution in [0.4, 0.5) is 0 Å². The molecule has 19 heavy (non-hydrogen) atoms. The highest BCUT2D eigenvalue weighted by atomic mass is 35.5. The lowest BCUT2D eigenvalue weighted by Gasteiger charge is -2.31. The molecule has 0 bridgehead atoms. The van der Waals surface area contributed by atoms with Gasteiger partial charge in [0.25, 0.3) is 5.91 Å². The van der Waals surface area contributed by atoms with Crippen molar-refractivity contribution in [3.63, 3.8) is 0 Å². The monoisotopic (exact) mass is 302 g/mol. The zero-order valence-corrected chi connectivity index (χ0v) is 12.5. The summed E-state index contributed by atoms with van der Waals surface area (Å²) < 4.78 is 1.50. The Morgan fingerprint density at radius 3 is 2.68 bits per heavy atom. The number of amides is 1. The van der Waals surface area contributed by atoms with E-state index in [2.05, 4.69) is 17.5 Å². The number of nitrogens with zero attached hydrogens (tertiary/aromatic N) is 3. The largest absolute Gasteiger partial charge is 0.338 e. The number of quaternary nitrogens is 1. The molecule has 104 valence electrons. The molecule has 0 aliphatic carbocycles. The molecule has 8 heteroatoms. The summed E-state index contributed by atoms with van der Waals surface area (Å²) in [6.45, 7) is 3.72. The van der Waals surface area contributed by atoms with E-state index in [9.17, 15) is 4.79 Å². The summed E-state index contributed by atoms with van der Waals surface area (Å²) in [4.78, 5) is 15.5. The number of carbonyl (C=O) groups is 1. The highest BCUT2D eigenvalue weighted by molar-refractivity contribution is 7.80. The normalized spacial score (nSPS) is 16.5. The van der Waals surface area contributed by atoms with Crippen molar-refractivity contribution in [1.29, 1.82) is 0 Å². The number of piperazine rings is 1. The maximum atomic E-state index is 12.0. The molecule has 0 unspecified atom stereocenters. The predicted octanol–water partition coefficient (Wildman–Crippen LogP) is -1.08. The van der Waals surface area contributed by atoms with Crippen LogP contribution in [0, 0.1) is 0 Å². The van der Waals surface area contributed by atoms with Gasteiger partial charge in [-0.2, -0.15) is 5.10 Å². The Kier molecular flexibility index (Phi) is 4.38. The predicted molar refractivity (Wildman–Crippen MR) is 76.5 cm³/mol. The minimum Gasteiger partial charge on any atom is -0.338 e. The molecule has 1 aromatic heterocycles. The highest BCUT2D eigenvalue weighted by Crippen LogP contribution is 2.12. The molecule has 1 amide bonds. The molecule has 1 saturated heterocycles. The number of hydrogen-bond acceptors (Lipinski definition) is 3. The second kappa shape index (κ2) is 5.85. The molecule has 0 aromatic carbocycles. The van der Waals surface area contributed by atoms with Crippen molar-refractivity contribution in [3.8, 4) is 0 Å². The molecule has 1 aliphatic rings. The standard InChI is InChI=1S/C11H16ClN5OS/c1-15-3-5-17(6-4-15)11(19)13-10(18)9-8(12)7-16(2)14-9/h7H,3-6H2,1-2H3,(H,13,18,19)/p+1. The summed E-state index contributed by atoms with van der Waals surface area (Å²) >= 11 is 11.2. The van der Waals surface area contributed by atoms with Crippen LogP contribution in [-0.4, -0.2) is 58.9 Å². The summed E-state index contributed by atoms with van der Waals surface area (Å²) in [6.07, 6.45) is 1.58. The van der Waals surface area contributed by atoms with Crippen molar-refractivity contribution in [2.45, 2.75) is 0 Å². The van der Waals surface area contributed by atoms with Crippen molar-refractivity contribution < 1.29 is 9.69 Å². The topological polar surface area (TPSA) is 54.6 Å². The van der Waals surface area contributed by atoms with E-state index in [0.29, 0.717) is 10.1 Å². The van der Waals surface area contributed by atoms with Crippen LogP contribution >= 0.6 is 23.8 Å². The minimum atomic E-state index is -0.359. The number of carbonyl (C=O) groups excluding carboxylic acids is 1. The van der Waals surface area contributed by atoms with E-state index in [1.165, 1.54) is 9.58 Å². The molecule has 1 aromatic rings. The van der Waals surface area contributed by atoms with Crippen molar-refractivity contribution in [2.24, 2.45) is 7.05 Å². The Morgan fingerprint density at radius 1 is 1.53 bits per heavy atom. The lowest BCUT2D eigenvalue weighted by molar-refractivity contribution is -0.883. The van der Waals surface area contributed by atoms with Crippen LogP contribution in [0.3, 0.4) is 0 Å². The average Bonchev–Trinajstić information content (AvgIpc) is 2.69. The van der Waals surface area contributed by atoms with E-state index in [0.717, 1.165) is 26.2 Å². The lowest BCUT2D eigenvalue weighted by Crippen LogP contribution is -3.12. The van der Waals surface area contributed by atoms with E-state index in [4.69, 9.17) is 23.8 Å². The van der Waals surface area contributed by atoms with E-state index in [1.54, 1.807) is 13.2 Å². The van der Waals surface area contributed by atoms with E-state index in [-0.39, 0.29) is 11.6 Å². The van der Waals surface area contributed by atoms with E-state index >= 15 is 0 Å². The summed E-state index contributed by atoms with van der Waals surface area (Å²) in [5.74, 6) is -0.359. The maximum absolute atomic E-state index is 12.0. The summed E-state index contributed by atoms with van der Waals surface area (Å²) in [5.41, 5.74) is 0.200. The van der Waals surface area contributed by atoms with Crippen LogP contribution in [0.5, 0.6) is 0 Å². The third-order valence-electron chi connectivity index (χ3n) is 3.12. The molecule has 2 N–H and O–H groups in total. The fourth-order valence-corrected chi connectivity index (χ4v) is 2.48. The van der Waals surface area contributed by atoms with Gasteiger partial charge in [0.15, 0.2) is 10.8 Å². The number of thiocarbonyl (C=S) groups is 1. The SMILES string of the molecule is Cn1cc(Cl)c(C(=O)NC(=S)N2CC[NH+](C)CC2)n1. The minimum absolute atomic E-state index is 0.200. The molecule has 0 spiro atoms. The highest BCUT2D eigenvalue weighted by Gasteiger charge is 2.22. The van der Waals surface area contributed by atoms with Gasteiger partial charge in [-0.25, -0.2) is 0 Å². The van der Waals surface area contributed by atoms with Crippen LogP contribution in [0.25, 0.3) is 0 Å². The fraction of sp³-hybridized carbons (Fsp3) is 0.545. The maximum Gasteiger partial charge on any atom is 0.279 e. The fourth-order valence-electron chi connectivity index (χ4n) is 1.94. The average molecular weight is 303 g/mol. The number of aryl methyl sites for hydroxylation is 1. The first-order chi connectivity index (χ1) is 8.97. The van der Waals surface area contributed by atoms with E-state index < -0.39 is 0 Å². The first-order valence-electron chi connectivity index (χ1n) is 6.08. The van der Waals surface area contributed by atoms with Crippen LogP contribution in [-0.2, 0) is 7.05 Å². The van der Waals surface area contributed by atoms with Gasteiger partial charge >= 0.3 is 0 Å². The van der Waals surface area contributed by atoms with Gasteiger partial charge in [-0.1, -0.05) is 11.6 Å². The van der Waals surface area contributed by atoms with Crippen molar-refractivity contribution in [2.75, 3.05) is 33.2 Å². The van der Waals surface area contributed by atoms with Gasteiger partial charge in [0.1, 0.15) is 0 Å². The number of rotatable bonds is 1. The Hall–Kier alpha value is -1.18. The Bertz CT molecular complexity index is 495. The Balaban J connectivity index is 1.95. The molecule has 0 radical (unpaired) electrons. The number of halogens is 1. The molecule has 2 rings (SSSR count). The molecule has 1 fully saturated rings. The Labute approximate surface area is 122 Å².